The van der Waals surface area contributed by atoms with E-state index in [0.29, 0.717) is 12.7 Å². The van der Waals surface area contributed by atoms with E-state index < -0.39 is 0 Å². The van der Waals surface area contributed by atoms with Gasteiger partial charge >= 0.3 is 0 Å². The molecule has 1 unspecified atom stereocenters. The zero-order valence-electron chi connectivity index (χ0n) is 10.1. The van der Waals surface area contributed by atoms with Gasteiger partial charge in [0.05, 0.1) is 12.7 Å². The molecule has 0 aliphatic heterocycles. The molecule has 0 saturated carbocycles. The predicted molar refractivity (Wildman–Crippen MR) is 65.1 cm³/mol. The quantitative estimate of drug-likeness (QED) is 0.720. The molecule has 2 N–H and O–H groups in total. The van der Waals surface area contributed by atoms with Gasteiger partial charge in [-0.1, -0.05) is 24.3 Å². The third kappa shape index (κ3) is 4.75. The predicted octanol–water partition coefficient (Wildman–Crippen LogP) is 2.09. The standard InChI is InChI=1S/C13H21NO2/c1-11(15-2)3-4-12-5-7-13(8-6-12)9-10-16-14/h5-8,11H,3-4,9-10,14H2,1-2H3. The van der Waals surface area contributed by atoms with Gasteiger partial charge in [-0.2, -0.15) is 0 Å². The molecule has 90 valence electrons. The highest BCUT2D eigenvalue weighted by molar-refractivity contribution is 5.22. The third-order valence-corrected chi connectivity index (χ3v) is 2.77. The van der Waals surface area contributed by atoms with Crippen molar-refractivity contribution in [3.63, 3.8) is 0 Å². The normalized spacial score (nSPS) is 12.7. The zero-order chi connectivity index (χ0) is 11.8. The molecule has 0 aromatic heterocycles. The SMILES string of the molecule is COC(C)CCc1ccc(CCON)cc1. The van der Waals surface area contributed by atoms with E-state index in [0.717, 1.165) is 19.3 Å². The van der Waals surface area contributed by atoms with Crippen LogP contribution in [0.1, 0.15) is 24.5 Å². The molecule has 0 spiro atoms. The molecule has 0 heterocycles. The van der Waals surface area contributed by atoms with Gasteiger partial charge in [-0.3, -0.25) is 0 Å². The third-order valence-electron chi connectivity index (χ3n) is 2.77. The van der Waals surface area contributed by atoms with E-state index in [9.17, 15) is 0 Å². The van der Waals surface area contributed by atoms with Gasteiger partial charge in [-0.25, -0.2) is 5.90 Å². The lowest BCUT2D eigenvalue weighted by molar-refractivity contribution is 0.111. The van der Waals surface area contributed by atoms with Crippen LogP contribution in [0.3, 0.4) is 0 Å². The van der Waals surface area contributed by atoms with E-state index in [1.807, 2.05) is 0 Å². The van der Waals surface area contributed by atoms with Crippen LogP contribution in [0.5, 0.6) is 0 Å². The summed E-state index contributed by atoms with van der Waals surface area (Å²) >= 11 is 0. The average Bonchev–Trinajstić information content (AvgIpc) is 2.34. The summed E-state index contributed by atoms with van der Waals surface area (Å²) in [6.07, 6.45) is 3.31. The lowest BCUT2D eigenvalue weighted by Gasteiger charge is -2.09. The van der Waals surface area contributed by atoms with Crippen molar-refractivity contribution < 1.29 is 9.57 Å². The van der Waals surface area contributed by atoms with Crippen LogP contribution in [0.2, 0.25) is 0 Å². The van der Waals surface area contributed by atoms with Crippen molar-refractivity contribution in [1.29, 1.82) is 0 Å². The molecule has 0 saturated heterocycles. The first kappa shape index (κ1) is 13.2. The summed E-state index contributed by atoms with van der Waals surface area (Å²) in [5, 5.41) is 0. The van der Waals surface area contributed by atoms with Gasteiger partial charge in [-0.15, -0.1) is 0 Å². The summed E-state index contributed by atoms with van der Waals surface area (Å²) < 4.78 is 5.22. The second-order valence-electron chi connectivity index (χ2n) is 4.02. The second kappa shape index (κ2) is 7.39. The molecular weight excluding hydrogens is 202 g/mol. The van der Waals surface area contributed by atoms with Crippen molar-refractivity contribution in [2.45, 2.75) is 32.3 Å². The van der Waals surface area contributed by atoms with Gasteiger partial charge in [-0.05, 0) is 37.3 Å². The Morgan fingerprint density at radius 1 is 1.12 bits per heavy atom. The fraction of sp³-hybridized carbons (Fsp3) is 0.538. The van der Waals surface area contributed by atoms with Crippen molar-refractivity contribution in [3.8, 4) is 0 Å². The fourth-order valence-corrected chi connectivity index (χ4v) is 1.54. The molecule has 0 fully saturated rings. The van der Waals surface area contributed by atoms with Gasteiger partial charge in [0.2, 0.25) is 0 Å². The Labute approximate surface area is 97.5 Å². The Kier molecular flexibility index (Phi) is 6.08. The van der Waals surface area contributed by atoms with Gasteiger partial charge in [0.25, 0.3) is 0 Å². The molecule has 3 heteroatoms. The summed E-state index contributed by atoms with van der Waals surface area (Å²) in [5.41, 5.74) is 2.61. The minimum Gasteiger partial charge on any atom is -0.382 e. The first-order valence-electron chi connectivity index (χ1n) is 5.68. The van der Waals surface area contributed by atoms with E-state index in [1.54, 1.807) is 7.11 Å². The summed E-state index contributed by atoms with van der Waals surface area (Å²) in [5.74, 6) is 4.99. The van der Waals surface area contributed by atoms with Crippen molar-refractivity contribution >= 4 is 0 Å². The Bertz CT molecular complexity index is 284. The molecule has 3 nitrogen and oxygen atoms in total. The van der Waals surface area contributed by atoms with Crippen LogP contribution in [0.15, 0.2) is 24.3 Å². The Hall–Kier alpha value is -0.900. The van der Waals surface area contributed by atoms with Crippen LogP contribution in [0, 0.1) is 0 Å². The lowest BCUT2D eigenvalue weighted by atomic mass is 10.0. The van der Waals surface area contributed by atoms with Crippen molar-refractivity contribution in [3.05, 3.63) is 35.4 Å². The van der Waals surface area contributed by atoms with E-state index in [1.165, 1.54) is 11.1 Å². The Morgan fingerprint density at radius 2 is 1.69 bits per heavy atom. The van der Waals surface area contributed by atoms with E-state index >= 15 is 0 Å². The molecule has 1 aromatic carbocycles. The highest BCUT2D eigenvalue weighted by Gasteiger charge is 2.00. The topological polar surface area (TPSA) is 44.5 Å². The summed E-state index contributed by atoms with van der Waals surface area (Å²) in [7, 11) is 1.75. The highest BCUT2D eigenvalue weighted by atomic mass is 16.6. The molecule has 1 aromatic rings. The average molecular weight is 223 g/mol. The first-order valence-corrected chi connectivity index (χ1v) is 5.68. The summed E-state index contributed by atoms with van der Waals surface area (Å²) in [6.45, 7) is 2.66. The maximum Gasteiger partial charge on any atom is 0.0719 e. The van der Waals surface area contributed by atoms with Gasteiger partial charge in [0.15, 0.2) is 0 Å². The number of aryl methyl sites for hydroxylation is 1. The molecule has 0 aliphatic rings. The fourth-order valence-electron chi connectivity index (χ4n) is 1.54. The number of benzene rings is 1. The molecule has 16 heavy (non-hydrogen) atoms. The second-order valence-corrected chi connectivity index (χ2v) is 4.02. The molecule has 0 radical (unpaired) electrons. The molecule has 0 bridgehead atoms. The number of hydrogen-bond acceptors (Lipinski definition) is 3. The number of hydrogen-bond donors (Lipinski definition) is 1. The molecule has 1 atom stereocenters. The van der Waals surface area contributed by atoms with Crippen LogP contribution in [0.25, 0.3) is 0 Å². The van der Waals surface area contributed by atoms with Crippen molar-refractivity contribution in [2.24, 2.45) is 5.90 Å². The van der Waals surface area contributed by atoms with Crippen molar-refractivity contribution in [1.82, 2.24) is 0 Å². The lowest BCUT2D eigenvalue weighted by Crippen LogP contribution is -2.06. The molecular formula is C13H21NO2. The van der Waals surface area contributed by atoms with E-state index in [-0.39, 0.29) is 0 Å². The van der Waals surface area contributed by atoms with Crippen LogP contribution >= 0.6 is 0 Å². The van der Waals surface area contributed by atoms with Gasteiger partial charge < -0.3 is 9.57 Å². The molecule has 0 aliphatic carbocycles. The number of ether oxygens (including phenoxy) is 1. The smallest absolute Gasteiger partial charge is 0.0719 e. The minimum absolute atomic E-state index is 0.324. The summed E-state index contributed by atoms with van der Waals surface area (Å²) in [4.78, 5) is 4.55. The van der Waals surface area contributed by atoms with Crippen molar-refractivity contribution in [2.75, 3.05) is 13.7 Å². The number of rotatable bonds is 7. The zero-order valence-corrected chi connectivity index (χ0v) is 10.1. The minimum atomic E-state index is 0.324. The van der Waals surface area contributed by atoms with Crippen LogP contribution in [0.4, 0.5) is 0 Å². The first-order chi connectivity index (χ1) is 7.76. The van der Waals surface area contributed by atoms with Gasteiger partial charge in [0.1, 0.15) is 0 Å². The Balaban J connectivity index is 2.38. The molecule has 0 amide bonds. The van der Waals surface area contributed by atoms with Gasteiger partial charge in [0, 0.05) is 7.11 Å². The maximum absolute atomic E-state index is 5.22. The van der Waals surface area contributed by atoms with Crippen LogP contribution in [-0.2, 0) is 22.4 Å². The van der Waals surface area contributed by atoms with Crippen LogP contribution < -0.4 is 5.90 Å². The maximum atomic E-state index is 5.22. The van der Waals surface area contributed by atoms with E-state index in [4.69, 9.17) is 10.6 Å². The van der Waals surface area contributed by atoms with E-state index in [2.05, 4.69) is 36.0 Å². The summed E-state index contributed by atoms with van der Waals surface area (Å²) in [6, 6.07) is 8.58. The Morgan fingerprint density at radius 3 is 2.19 bits per heavy atom. The van der Waals surface area contributed by atoms with Crippen LogP contribution in [-0.4, -0.2) is 19.8 Å². The highest BCUT2D eigenvalue weighted by Crippen LogP contribution is 2.09. The molecule has 1 rings (SSSR count). The number of methoxy groups -OCH3 is 1. The largest absolute Gasteiger partial charge is 0.382 e. The number of nitrogens with two attached hydrogens (primary N) is 1. The monoisotopic (exact) mass is 223 g/mol.